The normalized spacial score (nSPS) is 10.9. The number of hydrogen-bond donors (Lipinski definition) is 0. The van der Waals surface area contributed by atoms with Crippen molar-refractivity contribution in [3.05, 3.63) is 27.5 Å². The average Bonchev–Trinajstić information content (AvgIpc) is 2.65. The molecule has 0 spiro atoms. The molecule has 0 aromatic carbocycles. The molecule has 0 aliphatic carbocycles. The Labute approximate surface area is 101 Å². The van der Waals surface area contributed by atoms with Crippen LogP contribution in [-0.4, -0.2) is 15.0 Å². The second-order valence-electron chi connectivity index (χ2n) is 3.47. The summed E-state index contributed by atoms with van der Waals surface area (Å²) in [6.45, 7) is 4.16. The molecule has 5 heteroatoms. The lowest BCUT2D eigenvalue weighted by Crippen LogP contribution is -1.96. The van der Waals surface area contributed by atoms with Gasteiger partial charge in [0.1, 0.15) is 5.82 Å². The zero-order valence-electron chi connectivity index (χ0n) is 8.44. The van der Waals surface area contributed by atoms with Crippen LogP contribution in [0.3, 0.4) is 0 Å². The van der Waals surface area contributed by atoms with E-state index in [0.29, 0.717) is 5.92 Å². The first kappa shape index (κ1) is 10.7. The third kappa shape index (κ3) is 2.41. The van der Waals surface area contributed by atoms with Crippen LogP contribution in [0, 0.1) is 0 Å². The summed E-state index contributed by atoms with van der Waals surface area (Å²) in [5.41, 5.74) is 1.88. The van der Waals surface area contributed by atoms with Gasteiger partial charge in [0.15, 0.2) is 3.92 Å². The lowest BCUT2D eigenvalue weighted by Gasteiger charge is -2.02. The van der Waals surface area contributed by atoms with Gasteiger partial charge in [0, 0.05) is 29.3 Å². The van der Waals surface area contributed by atoms with Crippen LogP contribution in [0.4, 0.5) is 0 Å². The molecule has 0 bridgehead atoms. The van der Waals surface area contributed by atoms with Gasteiger partial charge in [-0.05, 0) is 15.9 Å². The molecule has 78 valence electrons. The second-order valence-corrected chi connectivity index (χ2v) is 5.60. The minimum Gasteiger partial charge on any atom is -0.240 e. The Morgan fingerprint density at radius 1 is 1.27 bits per heavy atom. The summed E-state index contributed by atoms with van der Waals surface area (Å²) in [6, 6.07) is 0. The van der Waals surface area contributed by atoms with E-state index in [-0.39, 0.29) is 0 Å². The number of hydrogen-bond acceptors (Lipinski definition) is 4. The summed E-state index contributed by atoms with van der Waals surface area (Å²) < 4.78 is 0.880. The van der Waals surface area contributed by atoms with Crippen LogP contribution in [0.15, 0.2) is 21.7 Å². The van der Waals surface area contributed by atoms with Gasteiger partial charge in [0.2, 0.25) is 0 Å². The van der Waals surface area contributed by atoms with Gasteiger partial charge in [-0.3, -0.25) is 0 Å². The molecular formula is C10H10BrN3S. The average molecular weight is 284 g/mol. The Bertz CT molecular complexity index is 450. The third-order valence-electron chi connectivity index (χ3n) is 1.96. The molecule has 0 amide bonds. The molecule has 2 rings (SSSR count). The molecular weight excluding hydrogens is 274 g/mol. The van der Waals surface area contributed by atoms with E-state index < -0.39 is 0 Å². The fraction of sp³-hybridized carbons (Fsp3) is 0.300. The maximum Gasteiger partial charge on any atom is 0.159 e. The molecule has 2 aromatic heterocycles. The Morgan fingerprint density at radius 2 is 1.93 bits per heavy atom. The number of nitrogens with zero attached hydrogens (tertiary/aromatic N) is 3. The van der Waals surface area contributed by atoms with Gasteiger partial charge in [-0.1, -0.05) is 13.8 Å². The van der Waals surface area contributed by atoms with Crippen molar-refractivity contribution in [3.8, 4) is 11.3 Å². The van der Waals surface area contributed by atoms with Crippen LogP contribution in [0.25, 0.3) is 11.3 Å². The summed E-state index contributed by atoms with van der Waals surface area (Å²) in [5, 5.41) is 1.98. The second kappa shape index (κ2) is 4.37. The molecule has 0 saturated heterocycles. The van der Waals surface area contributed by atoms with Crippen LogP contribution in [0.1, 0.15) is 25.6 Å². The van der Waals surface area contributed by atoms with Gasteiger partial charge in [-0.2, -0.15) is 0 Å². The molecule has 15 heavy (non-hydrogen) atoms. The summed E-state index contributed by atoms with van der Waals surface area (Å²) in [4.78, 5) is 12.9. The van der Waals surface area contributed by atoms with Crippen LogP contribution < -0.4 is 0 Å². The van der Waals surface area contributed by atoms with Crippen molar-refractivity contribution < 1.29 is 0 Å². The highest BCUT2D eigenvalue weighted by Crippen LogP contribution is 2.24. The Hall–Kier alpha value is -0.810. The van der Waals surface area contributed by atoms with Gasteiger partial charge in [-0.25, -0.2) is 15.0 Å². The number of thiazole rings is 1. The van der Waals surface area contributed by atoms with Crippen LogP contribution >= 0.6 is 27.3 Å². The van der Waals surface area contributed by atoms with Crippen molar-refractivity contribution in [1.82, 2.24) is 15.0 Å². The highest BCUT2D eigenvalue weighted by molar-refractivity contribution is 9.11. The van der Waals surface area contributed by atoms with E-state index in [0.717, 1.165) is 21.0 Å². The van der Waals surface area contributed by atoms with Crippen molar-refractivity contribution in [2.75, 3.05) is 0 Å². The van der Waals surface area contributed by atoms with E-state index in [1.54, 1.807) is 11.3 Å². The summed E-state index contributed by atoms with van der Waals surface area (Å²) >= 11 is 4.89. The predicted octanol–water partition coefficient (Wildman–Crippen LogP) is 3.49. The molecule has 0 saturated carbocycles. The lowest BCUT2D eigenvalue weighted by atomic mass is 10.2. The maximum atomic E-state index is 4.31. The molecule has 3 nitrogen and oxygen atoms in total. The molecule has 0 N–H and O–H groups in total. The highest BCUT2D eigenvalue weighted by atomic mass is 79.9. The van der Waals surface area contributed by atoms with Gasteiger partial charge in [0.25, 0.3) is 0 Å². The number of halogens is 1. The van der Waals surface area contributed by atoms with E-state index >= 15 is 0 Å². The molecule has 0 atom stereocenters. The van der Waals surface area contributed by atoms with Crippen LogP contribution in [-0.2, 0) is 0 Å². The minimum absolute atomic E-state index is 0.362. The van der Waals surface area contributed by atoms with Crippen LogP contribution in [0.2, 0.25) is 0 Å². The Morgan fingerprint density at radius 3 is 2.40 bits per heavy atom. The topological polar surface area (TPSA) is 38.7 Å². The third-order valence-corrected chi connectivity index (χ3v) is 3.33. The zero-order valence-corrected chi connectivity index (χ0v) is 10.8. The molecule has 0 aliphatic heterocycles. The molecule has 0 fully saturated rings. The van der Waals surface area contributed by atoms with Crippen molar-refractivity contribution in [1.29, 1.82) is 0 Å². The molecule has 0 aliphatic rings. The van der Waals surface area contributed by atoms with E-state index in [1.807, 2.05) is 17.8 Å². The van der Waals surface area contributed by atoms with Crippen molar-refractivity contribution in [2.24, 2.45) is 0 Å². The number of aromatic nitrogens is 3. The quantitative estimate of drug-likeness (QED) is 0.847. The van der Waals surface area contributed by atoms with Gasteiger partial charge in [0.05, 0.1) is 5.69 Å². The minimum atomic E-state index is 0.362. The summed E-state index contributed by atoms with van der Waals surface area (Å²) in [7, 11) is 0. The predicted molar refractivity (Wildman–Crippen MR) is 64.9 cm³/mol. The first-order chi connectivity index (χ1) is 7.16. The zero-order chi connectivity index (χ0) is 10.8. The molecule has 0 unspecified atom stereocenters. The van der Waals surface area contributed by atoms with Crippen molar-refractivity contribution in [2.45, 2.75) is 19.8 Å². The van der Waals surface area contributed by atoms with E-state index in [4.69, 9.17) is 0 Å². The smallest absolute Gasteiger partial charge is 0.159 e. The van der Waals surface area contributed by atoms with Crippen molar-refractivity contribution >= 4 is 27.3 Å². The fourth-order valence-corrected chi connectivity index (χ4v) is 2.17. The number of rotatable bonds is 2. The summed E-state index contributed by atoms with van der Waals surface area (Å²) in [6.07, 6.45) is 3.65. The Balaban J connectivity index is 2.31. The molecule has 0 radical (unpaired) electrons. The SMILES string of the molecule is CC(C)c1ncc(-c2csc(Br)n2)cn1. The van der Waals surface area contributed by atoms with Crippen LogP contribution in [0.5, 0.6) is 0 Å². The first-order valence-electron chi connectivity index (χ1n) is 4.60. The van der Waals surface area contributed by atoms with Gasteiger partial charge >= 0.3 is 0 Å². The Kier molecular flexibility index (Phi) is 3.11. The van der Waals surface area contributed by atoms with E-state index in [1.165, 1.54) is 0 Å². The van der Waals surface area contributed by atoms with Gasteiger partial charge in [-0.15, -0.1) is 11.3 Å². The monoisotopic (exact) mass is 283 g/mol. The maximum absolute atomic E-state index is 4.31. The summed E-state index contributed by atoms with van der Waals surface area (Å²) in [5.74, 6) is 1.23. The fourth-order valence-electron chi connectivity index (χ4n) is 1.15. The largest absolute Gasteiger partial charge is 0.240 e. The standard InChI is InChI=1S/C10H10BrN3S/c1-6(2)9-12-3-7(4-13-9)8-5-15-10(11)14-8/h3-6H,1-2H3. The highest BCUT2D eigenvalue weighted by Gasteiger charge is 2.06. The van der Waals surface area contributed by atoms with Gasteiger partial charge < -0.3 is 0 Å². The first-order valence-corrected chi connectivity index (χ1v) is 6.27. The van der Waals surface area contributed by atoms with E-state index in [2.05, 4.69) is 44.7 Å². The van der Waals surface area contributed by atoms with E-state index in [9.17, 15) is 0 Å². The molecule has 2 aromatic rings. The molecule has 2 heterocycles. The lowest BCUT2D eigenvalue weighted by molar-refractivity contribution is 0.774. The van der Waals surface area contributed by atoms with Crippen molar-refractivity contribution in [3.63, 3.8) is 0 Å².